The number of aromatic nitrogens is 8. The van der Waals surface area contributed by atoms with Crippen molar-refractivity contribution in [2.75, 3.05) is 11.1 Å². The van der Waals surface area contributed by atoms with Crippen molar-refractivity contribution < 1.29 is 0 Å². The molecule has 21 heavy (non-hydrogen) atoms. The van der Waals surface area contributed by atoms with Gasteiger partial charge in [-0.05, 0) is 6.92 Å². The molecule has 10 nitrogen and oxygen atoms in total. The highest BCUT2D eigenvalue weighted by Crippen LogP contribution is 2.07. The molecule has 0 aliphatic heterocycles. The summed E-state index contributed by atoms with van der Waals surface area (Å²) >= 11 is 0. The molecule has 0 saturated heterocycles. The van der Waals surface area contributed by atoms with E-state index >= 15 is 0 Å². The molecule has 0 aromatic carbocycles. The molecular weight excluding hydrogens is 272 g/mol. The van der Waals surface area contributed by atoms with E-state index in [0.717, 1.165) is 6.54 Å². The van der Waals surface area contributed by atoms with Gasteiger partial charge in [-0.25, -0.2) is 9.97 Å². The van der Waals surface area contributed by atoms with Crippen molar-refractivity contribution in [3.05, 3.63) is 31.4 Å². The average Bonchev–Trinajstić information content (AvgIpc) is 3.10. The second-order valence-corrected chi connectivity index (χ2v) is 4.46. The van der Waals surface area contributed by atoms with Crippen LogP contribution in [0.4, 0.5) is 11.9 Å². The molecule has 0 fully saturated rings. The normalized spacial score (nSPS) is 12.2. The zero-order chi connectivity index (χ0) is 14.7. The lowest BCUT2D eigenvalue weighted by atomic mass is 10.3. The van der Waals surface area contributed by atoms with Gasteiger partial charge in [0.05, 0.1) is 6.33 Å². The van der Waals surface area contributed by atoms with E-state index in [4.69, 9.17) is 5.73 Å². The summed E-state index contributed by atoms with van der Waals surface area (Å²) in [6.45, 7) is 2.74. The second kappa shape index (κ2) is 5.53. The summed E-state index contributed by atoms with van der Waals surface area (Å²) in [5.74, 6) is 0.825. The Labute approximate surface area is 120 Å². The van der Waals surface area contributed by atoms with Crippen LogP contribution in [0.5, 0.6) is 0 Å². The van der Waals surface area contributed by atoms with Crippen molar-refractivity contribution >= 4 is 11.9 Å². The first kappa shape index (κ1) is 13.0. The number of nitrogens with one attached hydrogen (secondary N) is 1. The quantitative estimate of drug-likeness (QED) is 0.656. The van der Waals surface area contributed by atoms with Gasteiger partial charge in [-0.15, -0.1) is 0 Å². The number of nitrogen functional groups attached to an aromatic ring is 1. The number of hydrogen-bond donors (Lipinski definition) is 2. The van der Waals surface area contributed by atoms with Crippen LogP contribution in [0.2, 0.25) is 0 Å². The van der Waals surface area contributed by atoms with Crippen LogP contribution in [0.15, 0.2) is 31.4 Å². The van der Waals surface area contributed by atoms with Crippen molar-refractivity contribution in [3.8, 4) is 5.95 Å². The molecule has 0 amide bonds. The summed E-state index contributed by atoms with van der Waals surface area (Å²) in [5, 5.41) is 7.14. The first-order valence-electron chi connectivity index (χ1n) is 6.29. The van der Waals surface area contributed by atoms with Gasteiger partial charge in [0.1, 0.15) is 12.7 Å². The maximum atomic E-state index is 5.70. The fourth-order valence-corrected chi connectivity index (χ4v) is 1.84. The first-order valence-corrected chi connectivity index (χ1v) is 6.29. The van der Waals surface area contributed by atoms with Crippen molar-refractivity contribution in [1.82, 2.24) is 39.3 Å². The Hall–Kier alpha value is -3.04. The van der Waals surface area contributed by atoms with Gasteiger partial charge in [0.15, 0.2) is 0 Å². The maximum Gasteiger partial charge on any atom is 0.258 e. The van der Waals surface area contributed by atoms with E-state index < -0.39 is 0 Å². The van der Waals surface area contributed by atoms with Crippen LogP contribution >= 0.6 is 0 Å². The standard InChI is InChI=1S/C11H14N10/c1-8(4-20-3-2-13-6-20)16-10-17-9(12)18-11(19-10)21-7-14-5-15-21/h2-3,5-8H,4H2,1H3,(H3,12,16,17,18,19). The van der Waals surface area contributed by atoms with E-state index in [9.17, 15) is 0 Å². The Bertz CT molecular complexity index is 690. The van der Waals surface area contributed by atoms with Gasteiger partial charge in [0, 0.05) is 25.0 Å². The van der Waals surface area contributed by atoms with Crippen LogP contribution < -0.4 is 11.1 Å². The second-order valence-electron chi connectivity index (χ2n) is 4.46. The average molecular weight is 286 g/mol. The number of nitrogens with two attached hydrogens (primary N) is 1. The Kier molecular flexibility index (Phi) is 3.41. The summed E-state index contributed by atoms with van der Waals surface area (Å²) < 4.78 is 3.38. The van der Waals surface area contributed by atoms with E-state index in [1.165, 1.54) is 17.3 Å². The molecule has 3 N–H and O–H groups in total. The molecule has 0 radical (unpaired) electrons. The molecule has 0 saturated carbocycles. The SMILES string of the molecule is CC(Cn1ccnc1)Nc1nc(N)nc(-n2cncn2)n1. The predicted octanol–water partition coefficient (Wildman–Crippen LogP) is -0.268. The van der Waals surface area contributed by atoms with Gasteiger partial charge in [-0.2, -0.15) is 24.7 Å². The third-order valence-electron chi connectivity index (χ3n) is 2.68. The molecule has 3 aromatic rings. The highest BCUT2D eigenvalue weighted by atomic mass is 15.4. The molecular formula is C11H14N10. The summed E-state index contributed by atoms with van der Waals surface area (Å²) in [7, 11) is 0. The predicted molar refractivity (Wildman–Crippen MR) is 74.5 cm³/mol. The Morgan fingerprint density at radius 2 is 2.14 bits per heavy atom. The van der Waals surface area contributed by atoms with Gasteiger partial charge < -0.3 is 15.6 Å². The van der Waals surface area contributed by atoms with Crippen LogP contribution in [-0.2, 0) is 6.54 Å². The first-order chi connectivity index (χ1) is 10.2. The smallest absolute Gasteiger partial charge is 0.258 e. The molecule has 10 heteroatoms. The molecule has 0 bridgehead atoms. The zero-order valence-corrected chi connectivity index (χ0v) is 11.3. The minimum atomic E-state index is 0.0876. The number of anilines is 2. The van der Waals surface area contributed by atoms with Crippen LogP contribution in [-0.4, -0.2) is 45.3 Å². The van der Waals surface area contributed by atoms with Gasteiger partial charge >= 0.3 is 0 Å². The number of hydrogen-bond acceptors (Lipinski definition) is 8. The van der Waals surface area contributed by atoms with Gasteiger partial charge in [0.25, 0.3) is 5.95 Å². The monoisotopic (exact) mass is 286 g/mol. The number of rotatable bonds is 5. The molecule has 108 valence electrons. The Balaban J connectivity index is 1.76. The molecule has 3 heterocycles. The summed E-state index contributed by atoms with van der Waals surface area (Å²) in [6, 6.07) is 0.0876. The number of imidazole rings is 1. The molecule has 3 rings (SSSR count). The van der Waals surface area contributed by atoms with E-state index in [2.05, 4.69) is 35.3 Å². The molecule has 3 aromatic heterocycles. The topological polar surface area (TPSA) is 125 Å². The summed E-state index contributed by atoms with van der Waals surface area (Å²) in [5.41, 5.74) is 5.70. The molecule has 0 aliphatic rings. The van der Waals surface area contributed by atoms with Crippen molar-refractivity contribution in [1.29, 1.82) is 0 Å². The van der Waals surface area contributed by atoms with E-state index in [-0.39, 0.29) is 12.0 Å². The lowest BCUT2D eigenvalue weighted by Gasteiger charge is -2.14. The fraction of sp³-hybridized carbons (Fsp3) is 0.273. The maximum absolute atomic E-state index is 5.70. The number of nitrogens with zero attached hydrogens (tertiary/aromatic N) is 8. The minimum absolute atomic E-state index is 0.0876. The molecule has 1 atom stereocenters. The Morgan fingerprint density at radius 3 is 2.86 bits per heavy atom. The molecule has 0 spiro atoms. The third kappa shape index (κ3) is 3.11. The van der Waals surface area contributed by atoms with E-state index in [1.807, 2.05) is 17.7 Å². The van der Waals surface area contributed by atoms with Crippen molar-refractivity contribution in [3.63, 3.8) is 0 Å². The molecule has 1 unspecified atom stereocenters. The summed E-state index contributed by atoms with van der Waals surface area (Å²) in [4.78, 5) is 20.2. The van der Waals surface area contributed by atoms with E-state index in [1.54, 1.807) is 12.5 Å². The van der Waals surface area contributed by atoms with Crippen molar-refractivity contribution in [2.24, 2.45) is 0 Å². The lowest BCUT2D eigenvalue weighted by molar-refractivity contribution is 0.613. The van der Waals surface area contributed by atoms with Gasteiger partial charge in [-0.3, -0.25) is 0 Å². The Morgan fingerprint density at radius 1 is 1.24 bits per heavy atom. The van der Waals surface area contributed by atoms with Crippen LogP contribution in [0.25, 0.3) is 5.95 Å². The molecule has 0 aliphatic carbocycles. The van der Waals surface area contributed by atoms with Crippen molar-refractivity contribution in [2.45, 2.75) is 19.5 Å². The van der Waals surface area contributed by atoms with Crippen LogP contribution in [0, 0.1) is 0 Å². The third-order valence-corrected chi connectivity index (χ3v) is 2.68. The summed E-state index contributed by atoms with van der Waals surface area (Å²) in [6.07, 6.45) is 8.26. The van der Waals surface area contributed by atoms with E-state index in [0.29, 0.717) is 11.9 Å². The largest absolute Gasteiger partial charge is 0.368 e. The van der Waals surface area contributed by atoms with Gasteiger partial charge in [0.2, 0.25) is 11.9 Å². The highest BCUT2D eigenvalue weighted by molar-refractivity contribution is 5.35. The van der Waals surface area contributed by atoms with Crippen LogP contribution in [0.3, 0.4) is 0 Å². The fourth-order valence-electron chi connectivity index (χ4n) is 1.84. The van der Waals surface area contributed by atoms with Crippen LogP contribution in [0.1, 0.15) is 6.92 Å². The lowest BCUT2D eigenvalue weighted by Crippen LogP contribution is -2.23. The zero-order valence-electron chi connectivity index (χ0n) is 11.3. The van der Waals surface area contributed by atoms with Gasteiger partial charge in [-0.1, -0.05) is 0 Å². The highest BCUT2D eigenvalue weighted by Gasteiger charge is 2.10. The minimum Gasteiger partial charge on any atom is -0.368 e.